The Balaban J connectivity index is 2.54. The van der Waals surface area contributed by atoms with Gasteiger partial charge in [0, 0.05) is 0 Å². The number of hydrogen-bond donors (Lipinski definition) is 7. The van der Waals surface area contributed by atoms with Crippen molar-refractivity contribution < 1.29 is 44.9 Å². The van der Waals surface area contributed by atoms with Crippen LogP contribution in [-0.2, 0) is 14.3 Å². The number of hydrogen-bond acceptors (Lipinski definition) is 9. The van der Waals surface area contributed by atoms with Gasteiger partial charge in [-0.1, -0.05) is 159 Å². The highest BCUT2D eigenvalue weighted by Crippen LogP contribution is 2.22. The summed E-state index contributed by atoms with van der Waals surface area (Å²) in [6.45, 7) is 3.52. The quantitative estimate of drug-likeness (QED) is 0.0287. The van der Waals surface area contributed by atoms with E-state index in [-0.39, 0.29) is 6.61 Å². The molecule has 0 radical (unpaired) electrons. The van der Waals surface area contributed by atoms with E-state index in [9.17, 15) is 35.4 Å². The van der Waals surface area contributed by atoms with Crippen molar-refractivity contribution in [1.82, 2.24) is 5.32 Å². The molecule has 1 saturated heterocycles. The van der Waals surface area contributed by atoms with Gasteiger partial charge in [-0.15, -0.1) is 0 Å². The molecule has 0 aromatic heterocycles. The van der Waals surface area contributed by atoms with Gasteiger partial charge in [0.25, 0.3) is 5.91 Å². The predicted octanol–water partition coefficient (Wildman–Crippen LogP) is 6.69. The average Bonchev–Trinajstić information content (AvgIpc) is 3.14. The third kappa shape index (κ3) is 23.2. The molecule has 8 atom stereocenters. The van der Waals surface area contributed by atoms with Gasteiger partial charge in [-0.05, 0) is 38.5 Å². The highest BCUT2D eigenvalue weighted by molar-refractivity contribution is 5.82. The van der Waals surface area contributed by atoms with E-state index in [1.165, 1.54) is 115 Å². The lowest BCUT2D eigenvalue weighted by atomic mass is 9.99. The maximum atomic E-state index is 12.9. The molecule has 52 heavy (non-hydrogen) atoms. The first kappa shape index (κ1) is 48.4. The number of allylic oxidation sites excluding steroid dienone is 4. The Morgan fingerprint density at radius 2 is 1.10 bits per heavy atom. The first-order chi connectivity index (χ1) is 25.3. The number of aliphatic hydroxyl groups is 6. The van der Waals surface area contributed by atoms with Gasteiger partial charge in [-0.2, -0.15) is 0 Å². The van der Waals surface area contributed by atoms with Crippen LogP contribution in [0.25, 0.3) is 0 Å². The molecule has 304 valence electrons. The number of amides is 1. The Bertz CT molecular complexity index is 927. The average molecular weight is 740 g/mol. The SMILES string of the molecule is CCCCCCCCCC=CCCC=CC(O)C(COC1OC(CO)C(O)C(O)C1O)NC(=O)C(O)C=CCCCCCCCCCCCCCC. The van der Waals surface area contributed by atoms with Gasteiger partial charge in [0.1, 0.15) is 24.4 Å². The molecule has 1 rings (SSSR count). The number of unbranched alkanes of at least 4 members (excludes halogenated alkanes) is 20. The molecule has 1 aliphatic heterocycles. The van der Waals surface area contributed by atoms with Crippen LogP contribution in [0.1, 0.15) is 162 Å². The van der Waals surface area contributed by atoms with E-state index in [2.05, 4.69) is 31.3 Å². The Hall–Kier alpha value is -1.63. The standard InChI is InChI=1S/C42H77NO9/c1-3-5-7-9-11-13-15-17-19-21-23-25-27-29-31-36(46)41(50)43-34(33-51-42-40(49)39(48)38(47)37(32-44)52-42)35(45)30-28-26-24-22-20-18-16-14-12-10-8-6-4-2/h20,22,28-31,34-40,42,44-49H,3-19,21,23-27,32-33H2,1-2H3,(H,43,50). The van der Waals surface area contributed by atoms with Crippen LogP contribution in [0.3, 0.4) is 0 Å². The zero-order valence-corrected chi connectivity index (χ0v) is 32.7. The van der Waals surface area contributed by atoms with Gasteiger partial charge in [0.2, 0.25) is 0 Å². The molecule has 0 saturated carbocycles. The van der Waals surface area contributed by atoms with Gasteiger partial charge in [-0.25, -0.2) is 0 Å². The number of ether oxygens (including phenoxy) is 2. The predicted molar refractivity (Wildman–Crippen MR) is 209 cm³/mol. The molecule has 0 spiro atoms. The topological polar surface area (TPSA) is 169 Å². The van der Waals surface area contributed by atoms with Crippen molar-refractivity contribution in [2.45, 2.75) is 210 Å². The molecular weight excluding hydrogens is 662 g/mol. The molecule has 8 unspecified atom stereocenters. The molecule has 1 aliphatic rings. The van der Waals surface area contributed by atoms with E-state index in [0.717, 1.165) is 32.1 Å². The normalized spacial score (nSPS) is 22.8. The van der Waals surface area contributed by atoms with Crippen molar-refractivity contribution in [1.29, 1.82) is 0 Å². The Morgan fingerprint density at radius 1 is 0.635 bits per heavy atom. The van der Waals surface area contributed by atoms with Crippen molar-refractivity contribution in [2.24, 2.45) is 0 Å². The van der Waals surface area contributed by atoms with Crippen LogP contribution in [0.2, 0.25) is 0 Å². The van der Waals surface area contributed by atoms with Crippen molar-refractivity contribution in [3.63, 3.8) is 0 Å². The lowest BCUT2D eigenvalue weighted by Gasteiger charge is -2.40. The van der Waals surface area contributed by atoms with Crippen molar-refractivity contribution in [3.05, 3.63) is 36.5 Å². The van der Waals surface area contributed by atoms with Gasteiger partial charge < -0.3 is 45.4 Å². The summed E-state index contributed by atoms with van der Waals surface area (Å²) in [7, 11) is 0. The van der Waals surface area contributed by atoms with Crippen molar-refractivity contribution in [3.8, 4) is 0 Å². The lowest BCUT2D eigenvalue weighted by Crippen LogP contribution is -2.60. The fraction of sp³-hybridized carbons (Fsp3) is 0.833. The summed E-state index contributed by atoms with van der Waals surface area (Å²) in [5, 5.41) is 64.2. The zero-order chi connectivity index (χ0) is 38.2. The highest BCUT2D eigenvalue weighted by atomic mass is 16.7. The molecule has 10 heteroatoms. The molecule has 10 nitrogen and oxygen atoms in total. The maximum Gasteiger partial charge on any atom is 0.253 e. The van der Waals surface area contributed by atoms with Gasteiger partial charge in [0.05, 0.1) is 25.4 Å². The molecule has 0 bridgehead atoms. The molecule has 0 aliphatic carbocycles. The number of rotatable bonds is 33. The Morgan fingerprint density at radius 3 is 1.63 bits per heavy atom. The minimum absolute atomic E-state index is 0.340. The molecular formula is C42H77NO9. The van der Waals surface area contributed by atoms with Gasteiger partial charge >= 0.3 is 0 Å². The summed E-state index contributed by atoms with van der Waals surface area (Å²) in [5.41, 5.74) is 0. The molecule has 1 amide bonds. The Kier molecular flexibility index (Phi) is 30.5. The number of carbonyl (C=O) groups is 1. The molecule has 7 N–H and O–H groups in total. The molecule has 1 heterocycles. The Labute approximate surface area is 315 Å². The second kappa shape index (κ2) is 32.8. The number of nitrogens with one attached hydrogen (secondary N) is 1. The summed E-state index contributed by atoms with van der Waals surface area (Å²) in [6, 6.07) is -1.02. The lowest BCUT2D eigenvalue weighted by molar-refractivity contribution is -0.302. The minimum atomic E-state index is -1.62. The zero-order valence-electron chi connectivity index (χ0n) is 32.7. The van der Waals surface area contributed by atoms with Crippen LogP contribution in [0.4, 0.5) is 0 Å². The second-order valence-corrected chi connectivity index (χ2v) is 14.6. The first-order valence-corrected chi connectivity index (χ1v) is 20.8. The van der Waals surface area contributed by atoms with Crippen LogP contribution in [0.5, 0.6) is 0 Å². The van der Waals surface area contributed by atoms with E-state index in [1.54, 1.807) is 12.2 Å². The van der Waals surface area contributed by atoms with Crippen molar-refractivity contribution in [2.75, 3.05) is 13.2 Å². The summed E-state index contributed by atoms with van der Waals surface area (Å²) in [4.78, 5) is 12.9. The third-order valence-electron chi connectivity index (χ3n) is 9.81. The fourth-order valence-corrected chi connectivity index (χ4v) is 6.33. The summed E-state index contributed by atoms with van der Waals surface area (Å²) in [6.07, 6.45) is 28.4. The van der Waals surface area contributed by atoms with Crippen LogP contribution in [-0.4, -0.2) is 98.7 Å². The maximum absolute atomic E-state index is 12.9. The van der Waals surface area contributed by atoms with E-state index in [4.69, 9.17) is 9.47 Å². The van der Waals surface area contributed by atoms with Crippen LogP contribution < -0.4 is 5.32 Å². The van der Waals surface area contributed by atoms with E-state index in [0.29, 0.717) is 6.42 Å². The summed E-state index contributed by atoms with van der Waals surface area (Å²) >= 11 is 0. The number of aliphatic hydroxyl groups excluding tert-OH is 6. The number of carbonyl (C=O) groups excluding carboxylic acids is 1. The van der Waals surface area contributed by atoms with E-state index >= 15 is 0 Å². The van der Waals surface area contributed by atoms with Gasteiger partial charge in [-0.3, -0.25) is 4.79 Å². The fourth-order valence-electron chi connectivity index (χ4n) is 6.33. The molecule has 0 aromatic carbocycles. The minimum Gasteiger partial charge on any atom is -0.394 e. The summed E-state index contributed by atoms with van der Waals surface area (Å²) < 4.78 is 11.1. The largest absolute Gasteiger partial charge is 0.394 e. The second-order valence-electron chi connectivity index (χ2n) is 14.6. The smallest absolute Gasteiger partial charge is 0.253 e. The van der Waals surface area contributed by atoms with Gasteiger partial charge in [0.15, 0.2) is 12.4 Å². The third-order valence-corrected chi connectivity index (χ3v) is 9.81. The summed E-state index contributed by atoms with van der Waals surface area (Å²) in [5.74, 6) is -0.714. The van der Waals surface area contributed by atoms with Crippen LogP contribution >= 0.6 is 0 Å². The van der Waals surface area contributed by atoms with Crippen molar-refractivity contribution >= 4 is 5.91 Å². The van der Waals surface area contributed by atoms with Crippen LogP contribution in [0, 0.1) is 0 Å². The molecule has 0 aromatic rings. The van der Waals surface area contributed by atoms with E-state index in [1.807, 2.05) is 6.08 Å². The molecule has 1 fully saturated rings. The first-order valence-electron chi connectivity index (χ1n) is 20.8. The van der Waals surface area contributed by atoms with Crippen LogP contribution in [0.15, 0.2) is 36.5 Å². The monoisotopic (exact) mass is 740 g/mol. The highest BCUT2D eigenvalue weighted by Gasteiger charge is 2.44. The van der Waals surface area contributed by atoms with E-state index < -0.39 is 61.5 Å².